The third kappa shape index (κ3) is 2.46. The molecular formula is C16H19N3O. The van der Waals surface area contributed by atoms with Crippen LogP contribution < -0.4 is 5.32 Å². The molecule has 0 spiro atoms. The van der Waals surface area contributed by atoms with Crippen LogP contribution in [0.1, 0.15) is 34.5 Å². The van der Waals surface area contributed by atoms with Gasteiger partial charge in [0.1, 0.15) is 0 Å². The smallest absolute Gasteiger partial charge is 0.163 e. The highest BCUT2D eigenvalue weighted by Crippen LogP contribution is 2.26. The third-order valence-corrected chi connectivity index (χ3v) is 3.93. The average Bonchev–Trinajstić information content (AvgIpc) is 2.89. The lowest BCUT2D eigenvalue weighted by Gasteiger charge is -2.20. The van der Waals surface area contributed by atoms with E-state index < -0.39 is 0 Å². The molecule has 4 heteroatoms. The minimum atomic E-state index is 0.228. The fraction of sp³-hybridized carbons (Fsp3) is 0.375. The molecule has 0 aliphatic carbocycles. The Hall–Kier alpha value is -2.10. The van der Waals surface area contributed by atoms with E-state index in [2.05, 4.69) is 16.5 Å². The third-order valence-electron chi connectivity index (χ3n) is 3.93. The van der Waals surface area contributed by atoms with Gasteiger partial charge < -0.3 is 5.32 Å². The first-order valence-electron chi connectivity index (χ1n) is 7.11. The molecule has 0 fully saturated rings. The molecule has 0 radical (unpaired) electrons. The van der Waals surface area contributed by atoms with Crippen molar-refractivity contribution < 1.29 is 4.79 Å². The number of ketones is 1. The van der Waals surface area contributed by atoms with E-state index in [-0.39, 0.29) is 5.78 Å². The zero-order chi connectivity index (χ0) is 13.9. The van der Waals surface area contributed by atoms with Gasteiger partial charge in [-0.05, 0) is 37.0 Å². The number of Topliss-reactive ketones (excluding diaryl/α,β-unsaturated/α-hetero) is 1. The molecule has 104 valence electrons. The maximum absolute atomic E-state index is 12.5. The van der Waals surface area contributed by atoms with Gasteiger partial charge in [0.25, 0.3) is 0 Å². The van der Waals surface area contributed by atoms with Crippen molar-refractivity contribution in [2.75, 3.05) is 11.9 Å². The summed E-state index contributed by atoms with van der Waals surface area (Å²) in [7, 11) is 1.91. The van der Waals surface area contributed by atoms with Gasteiger partial charge in [-0.1, -0.05) is 12.1 Å². The molecule has 4 nitrogen and oxygen atoms in total. The predicted molar refractivity (Wildman–Crippen MR) is 79.1 cm³/mol. The number of hydrogen-bond donors (Lipinski definition) is 1. The Kier molecular flexibility index (Phi) is 3.54. The molecule has 2 aromatic rings. The molecule has 0 bridgehead atoms. The molecular weight excluding hydrogens is 250 g/mol. The summed E-state index contributed by atoms with van der Waals surface area (Å²) in [4.78, 5) is 12.5. The van der Waals surface area contributed by atoms with Crippen LogP contribution in [0, 0.1) is 0 Å². The van der Waals surface area contributed by atoms with Crippen LogP contribution in [0.4, 0.5) is 5.69 Å². The molecule has 1 aromatic carbocycles. The quantitative estimate of drug-likeness (QED) is 0.868. The van der Waals surface area contributed by atoms with Crippen LogP contribution in [0.25, 0.3) is 0 Å². The van der Waals surface area contributed by atoms with Crippen molar-refractivity contribution in [3.05, 3.63) is 47.3 Å². The van der Waals surface area contributed by atoms with Crippen molar-refractivity contribution >= 4 is 11.5 Å². The maximum atomic E-state index is 12.5. The van der Waals surface area contributed by atoms with Crippen molar-refractivity contribution in [1.82, 2.24) is 9.78 Å². The van der Waals surface area contributed by atoms with E-state index in [0.717, 1.165) is 42.8 Å². The van der Waals surface area contributed by atoms with Crippen LogP contribution in [-0.4, -0.2) is 22.1 Å². The molecule has 20 heavy (non-hydrogen) atoms. The summed E-state index contributed by atoms with van der Waals surface area (Å²) in [5.41, 5.74) is 4.30. The summed E-state index contributed by atoms with van der Waals surface area (Å²) in [6.07, 6.45) is 5.14. The van der Waals surface area contributed by atoms with E-state index in [1.54, 1.807) is 6.20 Å². The molecule has 3 rings (SSSR count). The van der Waals surface area contributed by atoms with Crippen molar-refractivity contribution in [2.45, 2.75) is 25.7 Å². The minimum Gasteiger partial charge on any atom is -0.385 e. The Labute approximate surface area is 118 Å². The van der Waals surface area contributed by atoms with Gasteiger partial charge in [-0.25, -0.2) is 0 Å². The normalized spacial score (nSPS) is 13.7. The predicted octanol–water partition coefficient (Wildman–Crippen LogP) is 2.59. The number of nitrogens with one attached hydrogen (secondary N) is 1. The molecule has 0 atom stereocenters. The first-order valence-corrected chi connectivity index (χ1v) is 7.11. The minimum absolute atomic E-state index is 0.228. The number of nitrogens with zero attached hydrogens (tertiary/aromatic N) is 2. The summed E-state index contributed by atoms with van der Waals surface area (Å²) >= 11 is 0. The molecule has 0 saturated heterocycles. The van der Waals surface area contributed by atoms with Gasteiger partial charge in [0.2, 0.25) is 0 Å². The van der Waals surface area contributed by atoms with E-state index in [9.17, 15) is 4.79 Å². The lowest BCUT2D eigenvalue weighted by molar-refractivity contribution is 0.0981. The molecule has 0 saturated carbocycles. The van der Waals surface area contributed by atoms with E-state index in [1.165, 1.54) is 5.56 Å². The first kappa shape index (κ1) is 12.9. The number of anilines is 1. The fourth-order valence-electron chi connectivity index (χ4n) is 2.79. The van der Waals surface area contributed by atoms with Gasteiger partial charge >= 0.3 is 0 Å². The second kappa shape index (κ2) is 5.49. The van der Waals surface area contributed by atoms with Crippen LogP contribution in [0.3, 0.4) is 0 Å². The largest absolute Gasteiger partial charge is 0.385 e. The topological polar surface area (TPSA) is 46.9 Å². The van der Waals surface area contributed by atoms with Gasteiger partial charge in [-0.2, -0.15) is 5.10 Å². The summed E-state index contributed by atoms with van der Waals surface area (Å²) < 4.78 is 1.83. The van der Waals surface area contributed by atoms with E-state index >= 15 is 0 Å². The number of benzene rings is 1. The van der Waals surface area contributed by atoms with Crippen molar-refractivity contribution in [3.63, 3.8) is 0 Å². The standard InChI is InChI=1S/C16H19N3O/c1-19-12(9-11-18-19)7-8-16(20)14-4-2-6-15-13(14)5-3-10-17-15/h2,4,6,9,11,17H,3,5,7-8,10H2,1H3. The van der Waals surface area contributed by atoms with Gasteiger partial charge in [-0.15, -0.1) is 0 Å². The number of carbonyl (C=O) groups excluding carboxylic acids is 1. The number of carbonyl (C=O) groups is 1. The SMILES string of the molecule is Cn1nccc1CCC(=O)c1cccc2c1CCCN2. The lowest BCUT2D eigenvalue weighted by atomic mass is 9.93. The zero-order valence-corrected chi connectivity index (χ0v) is 11.7. The highest BCUT2D eigenvalue weighted by atomic mass is 16.1. The Balaban J connectivity index is 1.76. The van der Waals surface area contributed by atoms with Crippen LogP contribution >= 0.6 is 0 Å². The fourth-order valence-corrected chi connectivity index (χ4v) is 2.79. The van der Waals surface area contributed by atoms with E-state index in [1.807, 2.05) is 29.9 Å². The van der Waals surface area contributed by atoms with E-state index in [0.29, 0.717) is 6.42 Å². The van der Waals surface area contributed by atoms with Crippen molar-refractivity contribution in [3.8, 4) is 0 Å². The Morgan fingerprint density at radius 2 is 2.30 bits per heavy atom. The average molecular weight is 269 g/mol. The second-order valence-electron chi connectivity index (χ2n) is 5.23. The summed E-state index contributed by atoms with van der Waals surface area (Å²) in [5, 5.41) is 7.50. The molecule has 0 amide bonds. The highest BCUT2D eigenvalue weighted by Gasteiger charge is 2.17. The van der Waals surface area contributed by atoms with Crippen molar-refractivity contribution in [1.29, 1.82) is 0 Å². The van der Waals surface area contributed by atoms with Gasteiger partial charge in [-0.3, -0.25) is 9.48 Å². The maximum Gasteiger partial charge on any atom is 0.163 e. The Morgan fingerprint density at radius 1 is 1.40 bits per heavy atom. The second-order valence-corrected chi connectivity index (χ2v) is 5.23. The number of rotatable bonds is 4. The Morgan fingerprint density at radius 3 is 3.10 bits per heavy atom. The van der Waals surface area contributed by atoms with Crippen LogP contribution in [0.2, 0.25) is 0 Å². The monoisotopic (exact) mass is 269 g/mol. The van der Waals surface area contributed by atoms with E-state index in [4.69, 9.17) is 0 Å². The summed E-state index contributed by atoms with van der Waals surface area (Å²) in [6.45, 7) is 1.000. The van der Waals surface area contributed by atoms with Gasteiger partial charge in [0.15, 0.2) is 5.78 Å². The van der Waals surface area contributed by atoms with Crippen molar-refractivity contribution in [2.24, 2.45) is 7.05 Å². The number of aromatic nitrogens is 2. The van der Waals surface area contributed by atoms with Gasteiger partial charge in [0.05, 0.1) is 0 Å². The molecule has 0 unspecified atom stereocenters. The number of fused-ring (bicyclic) bond motifs is 1. The molecule has 1 aromatic heterocycles. The first-order chi connectivity index (χ1) is 9.75. The lowest BCUT2D eigenvalue weighted by Crippen LogP contribution is -2.16. The molecule has 2 heterocycles. The number of aryl methyl sites for hydroxylation is 2. The molecule has 1 N–H and O–H groups in total. The highest BCUT2D eigenvalue weighted by molar-refractivity contribution is 5.99. The van der Waals surface area contributed by atoms with Crippen LogP contribution in [0.15, 0.2) is 30.5 Å². The number of hydrogen-bond acceptors (Lipinski definition) is 3. The zero-order valence-electron chi connectivity index (χ0n) is 11.7. The molecule has 1 aliphatic rings. The van der Waals surface area contributed by atoms with Crippen LogP contribution in [-0.2, 0) is 19.9 Å². The Bertz CT molecular complexity index is 630. The van der Waals surface area contributed by atoms with Crippen LogP contribution in [0.5, 0.6) is 0 Å². The summed E-state index contributed by atoms with van der Waals surface area (Å²) in [6, 6.07) is 7.95. The molecule has 1 aliphatic heterocycles. The summed E-state index contributed by atoms with van der Waals surface area (Å²) in [5.74, 6) is 0.228. The van der Waals surface area contributed by atoms with Gasteiger partial charge in [0, 0.05) is 43.2 Å².